The molecule has 0 saturated heterocycles. The molecule has 0 aliphatic carbocycles. The monoisotopic (exact) mass is 268 g/mol. The summed E-state index contributed by atoms with van der Waals surface area (Å²) in [6, 6.07) is 0. The van der Waals surface area contributed by atoms with E-state index in [1.807, 2.05) is 25.6 Å². The summed E-state index contributed by atoms with van der Waals surface area (Å²) in [7, 11) is 1.97. The Morgan fingerprint density at radius 1 is 1.33 bits per heavy atom. The largest absolute Gasteiger partial charge is 0.312 e. The van der Waals surface area contributed by atoms with Crippen LogP contribution in [0.15, 0.2) is 0 Å². The van der Waals surface area contributed by atoms with Gasteiger partial charge in [-0.1, -0.05) is 19.8 Å². The van der Waals surface area contributed by atoms with E-state index < -0.39 is 0 Å². The lowest BCUT2D eigenvalue weighted by Gasteiger charge is -2.10. The van der Waals surface area contributed by atoms with Crippen molar-refractivity contribution in [3.63, 3.8) is 0 Å². The highest BCUT2D eigenvalue weighted by Gasteiger charge is 2.19. The second kappa shape index (κ2) is 5.31. The van der Waals surface area contributed by atoms with Gasteiger partial charge >= 0.3 is 0 Å². The number of imidazole rings is 1. The van der Waals surface area contributed by atoms with Crippen LogP contribution in [0.1, 0.15) is 50.0 Å². The van der Waals surface area contributed by atoms with Crippen LogP contribution in [0.3, 0.4) is 0 Å². The number of aryl methyl sites for hydroxylation is 3. The Bertz CT molecular complexity index is 539. The van der Waals surface area contributed by atoms with Gasteiger partial charge in [-0.05, 0) is 20.3 Å². The molecule has 2 heterocycles. The van der Waals surface area contributed by atoms with Crippen LogP contribution in [0.25, 0.3) is 11.2 Å². The Morgan fingerprint density at radius 2 is 2.06 bits per heavy atom. The summed E-state index contributed by atoms with van der Waals surface area (Å²) in [6.45, 7) is 7.15. The molecule has 1 atom stereocenters. The first-order valence-corrected chi connectivity index (χ1v) is 7.03. The van der Waals surface area contributed by atoms with E-state index in [1.54, 1.807) is 0 Å². The molecule has 100 valence electrons. The molecule has 0 aliphatic rings. The molecule has 0 N–H and O–H groups in total. The van der Waals surface area contributed by atoms with Crippen molar-refractivity contribution < 1.29 is 0 Å². The van der Waals surface area contributed by atoms with Crippen LogP contribution in [-0.4, -0.2) is 19.3 Å². The summed E-state index contributed by atoms with van der Waals surface area (Å²) < 4.78 is 4.13. The molecule has 0 spiro atoms. The smallest absolute Gasteiger partial charge is 0.158 e. The van der Waals surface area contributed by atoms with Crippen molar-refractivity contribution in [2.45, 2.75) is 52.0 Å². The second-order valence-corrected chi connectivity index (χ2v) is 5.48. The van der Waals surface area contributed by atoms with E-state index in [0.717, 1.165) is 35.6 Å². The number of nitrogens with zero attached hydrogens (tertiary/aromatic N) is 4. The summed E-state index contributed by atoms with van der Waals surface area (Å²) in [5.74, 6) is 0.957. The van der Waals surface area contributed by atoms with Crippen LogP contribution in [0.2, 0.25) is 0 Å². The van der Waals surface area contributed by atoms with Crippen molar-refractivity contribution in [3.05, 3.63) is 11.5 Å². The van der Waals surface area contributed by atoms with Crippen LogP contribution < -0.4 is 0 Å². The molecule has 5 heteroatoms. The maximum atomic E-state index is 6.24. The fraction of sp³-hybridized carbons (Fsp3) is 0.692. The molecule has 0 bridgehead atoms. The van der Waals surface area contributed by atoms with Crippen molar-refractivity contribution in [2.24, 2.45) is 7.05 Å². The molecule has 0 saturated carbocycles. The van der Waals surface area contributed by atoms with E-state index >= 15 is 0 Å². The van der Waals surface area contributed by atoms with Gasteiger partial charge in [-0.2, -0.15) is 5.10 Å². The topological polar surface area (TPSA) is 35.6 Å². The second-order valence-electron chi connectivity index (χ2n) is 4.83. The first-order valence-electron chi connectivity index (χ1n) is 6.60. The van der Waals surface area contributed by atoms with Gasteiger partial charge in [0.05, 0.1) is 11.1 Å². The third-order valence-corrected chi connectivity index (χ3v) is 3.46. The lowest BCUT2D eigenvalue weighted by atomic mass is 10.2. The quantitative estimate of drug-likeness (QED) is 0.614. The average molecular weight is 269 g/mol. The Balaban J connectivity index is 2.47. The molecule has 2 aromatic rings. The third kappa shape index (κ3) is 2.26. The molecule has 2 rings (SSSR count). The molecular weight excluding hydrogens is 248 g/mol. The molecule has 4 nitrogen and oxygen atoms in total. The molecule has 18 heavy (non-hydrogen) atoms. The normalized spacial score (nSPS) is 13.4. The number of unbranched alkanes of at least 4 members (excludes halogenated alkanes) is 2. The first-order chi connectivity index (χ1) is 8.56. The van der Waals surface area contributed by atoms with Gasteiger partial charge < -0.3 is 4.57 Å². The predicted octanol–water partition coefficient (Wildman–Crippen LogP) is 3.57. The fourth-order valence-corrected chi connectivity index (χ4v) is 2.56. The van der Waals surface area contributed by atoms with Crippen molar-refractivity contribution in [1.29, 1.82) is 0 Å². The van der Waals surface area contributed by atoms with Gasteiger partial charge in [0, 0.05) is 13.6 Å². The number of aromatic nitrogens is 4. The van der Waals surface area contributed by atoms with Gasteiger partial charge in [-0.3, -0.25) is 4.68 Å². The summed E-state index contributed by atoms with van der Waals surface area (Å²) in [5, 5.41) is 4.36. The minimum atomic E-state index is -0.0709. The highest BCUT2D eigenvalue weighted by Crippen LogP contribution is 2.26. The Labute approximate surface area is 113 Å². The first kappa shape index (κ1) is 13.4. The molecule has 0 aromatic carbocycles. The Hall–Kier alpha value is -1.03. The third-order valence-electron chi connectivity index (χ3n) is 3.26. The summed E-state index contributed by atoms with van der Waals surface area (Å²) >= 11 is 6.24. The highest BCUT2D eigenvalue weighted by molar-refractivity contribution is 6.20. The molecule has 0 fully saturated rings. The van der Waals surface area contributed by atoms with Gasteiger partial charge in [0.25, 0.3) is 0 Å². The van der Waals surface area contributed by atoms with E-state index in [2.05, 4.69) is 21.6 Å². The zero-order valence-electron chi connectivity index (χ0n) is 11.6. The zero-order chi connectivity index (χ0) is 13.3. The summed E-state index contributed by atoms with van der Waals surface area (Å²) in [4.78, 5) is 4.66. The zero-order valence-corrected chi connectivity index (χ0v) is 12.3. The van der Waals surface area contributed by atoms with Crippen LogP contribution in [0.4, 0.5) is 0 Å². The number of fused-ring (bicyclic) bond motifs is 1. The van der Waals surface area contributed by atoms with E-state index in [1.165, 1.54) is 12.8 Å². The molecule has 0 amide bonds. The van der Waals surface area contributed by atoms with E-state index in [9.17, 15) is 0 Å². The maximum Gasteiger partial charge on any atom is 0.158 e. The van der Waals surface area contributed by atoms with Crippen molar-refractivity contribution in [1.82, 2.24) is 19.3 Å². The maximum absolute atomic E-state index is 6.24. The van der Waals surface area contributed by atoms with Crippen LogP contribution >= 0.6 is 11.6 Å². The molecule has 0 radical (unpaired) electrons. The number of alkyl halides is 1. The number of hydrogen-bond donors (Lipinski definition) is 0. The molecular formula is C13H21ClN4. The fourth-order valence-electron chi connectivity index (χ4n) is 2.40. The van der Waals surface area contributed by atoms with E-state index in [4.69, 9.17) is 11.6 Å². The van der Waals surface area contributed by atoms with Crippen LogP contribution in [-0.2, 0) is 13.6 Å². The van der Waals surface area contributed by atoms with E-state index in [-0.39, 0.29) is 5.38 Å². The van der Waals surface area contributed by atoms with Gasteiger partial charge in [-0.15, -0.1) is 11.6 Å². The van der Waals surface area contributed by atoms with Gasteiger partial charge in [0.1, 0.15) is 11.3 Å². The predicted molar refractivity (Wildman–Crippen MR) is 75.0 cm³/mol. The minimum Gasteiger partial charge on any atom is -0.312 e. The molecule has 1 unspecified atom stereocenters. The lowest BCUT2D eigenvalue weighted by molar-refractivity contribution is 0.577. The van der Waals surface area contributed by atoms with Gasteiger partial charge in [0.15, 0.2) is 5.65 Å². The van der Waals surface area contributed by atoms with Crippen molar-refractivity contribution >= 4 is 22.8 Å². The van der Waals surface area contributed by atoms with E-state index in [0.29, 0.717) is 0 Å². The van der Waals surface area contributed by atoms with Crippen LogP contribution in [0, 0.1) is 6.92 Å². The highest BCUT2D eigenvalue weighted by atomic mass is 35.5. The average Bonchev–Trinajstić information content (AvgIpc) is 2.80. The van der Waals surface area contributed by atoms with Crippen molar-refractivity contribution in [2.75, 3.05) is 0 Å². The SMILES string of the molecule is CCCCCn1c(C(C)Cl)nc2c(C)nn(C)c21. The number of halogens is 1. The number of hydrogen-bond acceptors (Lipinski definition) is 2. The van der Waals surface area contributed by atoms with Gasteiger partial charge in [0.2, 0.25) is 0 Å². The lowest BCUT2D eigenvalue weighted by Crippen LogP contribution is -2.08. The van der Waals surface area contributed by atoms with Gasteiger partial charge in [-0.25, -0.2) is 4.98 Å². The number of rotatable bonds is 5. The van der Waals surface area contributed by atoms with Crippen molar-refractivity contribution in [3.8, 4) is 0 Å². The van der Waals surface area contributed by atoms with Crippen LogP contribution in [0.5, 0.6) is 0 Å². The Morgan fingerprint density at radius 3 is 2.67 bits per heavy atom. The standard InChI is InChI=1S/C13H21ClN4/c1-5-6-7-8-18-12(9(2)14)15-11-10(3)16-17(4)13(11)18/h9H,5-8H2,1-4H3. The molecule has 2 aromatic heterocycles. The summed E-state index contributed by atoms with van der Waals surface area (Å²) in [5.41, 5.74) is 3.04. The minimum absolute atomic E-state index is 0.0709. The molecule has 0 aliphatic heterocycles. The Kier molecular flexibility index (Phi) is 3.95. The summed E-state index contributed by atoms with van der Waals surface area (Å²) in [6.07, 6.45) is 3.60.